The Bertz CT molecular complexity index is 570. The lowest BCUT2D eigenvalue weighted by molar-refractivity contribution is 0.237. The molecule has 1 aliphatic rings. The summed E-state index contributed by atoms with van der Waals surface area (Å²) in [4.78, 5) is 15.4. The van der Waals surface area contributed by atoms with Gasteiger partial charge in [0, 0.05) is 29.7 Å². The third-order valence-electron chi connectivity index (χ3n) is 3.65. The van der Waals surface area contributed by atoms with Crippen molar-refractivity contribution in [1.29, 1.82) is 0 Å². The summed E-state index contributed by atoms with van der Waals surface area (Å²) in [6, 6.07) is 14.5. The molecule has 0 radical (unpaired) electrons. The number of anilines is 1. The van der Waals surface area contributed by atoms with Crippen molar-refractivity contribution in [2.45, 2.75) is 19.0 Å². The molecule has 2 amide bonds. The van der Waals surface area contributed by atoms with E-state index < -0.39 is 0 Å². The van der Waals surface area contributed by atoms with Crippen molar-refractivity contribution < 1.29 is 4.79 Å². The molecule has 2 heterocycles. The maximum Gasteiger partial charge on any atom is 0.315 e. The van der Waals surface area contributed by atoms with Crippen LogP contribution in [-0.2, 0) is 6.54 Å². The van der Waals surface area contributed by atoms with Gasteiger partial charge in [0.05, 0.1) is 6.54 Å². The van der Waals surface area contributed by atoms with E-state index in [0.717, 1.165) is 19.5 Å². The maximum atomic E-state index is 11.9. The van der Waals surface area contributed by atoms with E-state index in [1.165, 1.54) is 10.6 Å². The van der Waals surface area contributed by atoms with Gasteiger partial charge < -0.3 is 15.5 Å². The summed E-state index contributed by atoms with van der Waals surface area (Å²) < 4.78 is 0. The fourth-order valence-electron chi connectivity index (χ4n) is 2.57. The highest BCUT2D eigenvalue weighted by Gasteiger charge is 2.23. The van der Waals surface area contributed by atoms with Gasteiger partial charge in [-0.3, -0.25) is 0 Å². The van der Waals surface area contributed by atoms with Gasteiger partial charge >= 0.3 is 6.03 Å². The summed E-state index contributed by atoms with van der Waals surface area (Å²) in [7, 11) is 0. The summed E-state index contributed by atoms with van der Waals surface area (Å²) in [6.07, 6.45) is 0.987. The van der Waals surface area contributed by atoms with E-state index in [4.69, 9.17) is 0 Å². The third-order valence-corrected chi connectivity index (χ3v) is 4.52. The van der Waals surface area contributed by atoms with Crippen LogP contribution in [0.4, 0.5) is 10.5 Å². The summed E-state index contributed by atoms with van der Waals surface area (Å²) in [5.74, 6) is 0. The van der Waals surface area contributed by atoms with Gasteiger partial charge in [0.25, 0.3) is 0 Å². The number of amides is 2. The number of thiophene rings is 1. The van der Waals surface area contributed by atoms with Crippen molar-refractivity contribution in [1.82, 2.24) is 10.6 Å². The van der Waals surface area contributed by atoms with Crippen molar-refractivity contribution in [3.8, 4) is 0 Å². The van der Waals surface area contributed by atoms with Crippen molar-refractivity contribution >= 4 is 23.1 Å². The molecule has 1 fully saturated rings. The number of hydrogen-bond donors (Lipinski definition) is 2. The molecule has 0 unspecified atom stereocenters. The summed E-state index contributed by atoms with van der Waals surface area (Å²) >= 11 is 1.65. The fraction of sp³-hybridized carbons (Fsp3) is 0.312. The number of rotatable bonds is 4. The topological polar surface area (TPSA) is 44.4 Å². The van der Waals surface area contributed by atoms with Crippen LogP contribution in [0.15, 0.2) is 47.8 Å². The van der Waals surface area contributed by atoms with Crippen LogP contribution in [0.25, 0.3) is 0 Å². The zero-order chi connectivity index (χ0) is 14.5. The second-order valence-corrected chi connectivity index (χ2v) is 6.21. The lowest BCUT2D eigenvalue weighted by atomic mass is 10.3. The Morgan fingerprint density at radius 1 is 1.24 bits per heavy atom. The molecule has 1 atom stereocenters. The third kappa shape index (κ3) is 3.76. The zero-order valence-electron chi connectivity index (χ0n) is 11.8. The SMILES string of the molecule is O=C(NCc1cccs1)N[C@@H]1CCN(c2ccccc2)C1. The minimum absolute atomic E-state index is 0.0803. The van der Waals surface area contributed by atoms with Crippen molar-refractivity contribution in [2.24, 2.45) is 0 Å². The molecule has 110 valence electrons. The predicted molar refractivity (Wildman–Crippen MR) is 86.8 cm³/mol. The minimum atomic E-state index is -0.0803. The smallest absolute Gasteiger partial charge is 0.315 e. The number of para-hydroxylation sites is 1. The molecular formula is C16H19N3OS. The molecule has 1 saturated heterocycles. The van der Waals surface area contributed by atoms with Crippen LogP contribution < -0.4 is 15.5 Å². The van der Waals surface area contributed by atoms with Crippen LogP contribution in [0.1, 0.15) is 11.3 Å². The van der Waals surface area contributed by atoms with Crippen LogP contribution in [0.5, 0.6) is 0 Å². The molecule has 1 aromatic carbocycles. The van der Waals surface area contributed by atoms with E-state index in [0.29, 0.717) is 6.54 Å². The minimum Gasteiger partial charge on any atom is -0.369 e. The van der Waals surface area contributed by atoms with Gasteiger partial charge in [0.15, 0.2) is 0 Å². The largest absolute Gasteiger partial charge is 0.369 e. The van der Waals surface area contributed by atoms with E-state index >= 15 is 0 Å². The monoisotopic (exact) mass is 301 g/mol. The Balaban J connectivity index is 1.45. The van der Waals surface area contributed by atoms with E-state index in [1.54, 1.807) is 11.3 Å². The second-order valence-electron chi connectivity index (χ2n) is 5.17. The average Bonchev–Trinajstić information content (AvgIpc) is 3.17. The molecule has 4 nitrogen and oxygen atoms in total. The number of nitrogens with zero attached hydrogens (tertiary/aromatic N) is 1. The van der Waals surface area contributed by atoms with Crippen LogP contribution in [0.3, 0.4) is 0 Å². The lowest BCUT2D eigenvalue weighted by Gasteiger charge is -2.19. The van der Waals surface area contributed by atoms with Crippen LogP contribution >= 0.6 is 11.3 Å². The normalized spacial score (nSPS) is 17.7. The molecule has 1 aromatic heterocycles. The standard InChI is InChI=1S/C16H19N3OS/c20-16(17-11-15-7-4-10-21-15)18-13-8-9-19(12-13)14-5-2-1-3-6-14/h1-7,10,13H,8-9,11-12H2,(H2,17,18,20)/t13-/m1/s1. The van der Waals surface area contributed by atoms with Gasteiger partial charge in [-0.05, 0) is 30.0 Å². The number of hydrogen-bond acceptors (Lipinski definition) is 3. The summed E-state index contributed by atoms with van der Waals surface area (Å²) in [6.45, 7) is 2.45. The van der Waals surface area contributed by atoms with E-state index in [1.807, 2.05) is 35.7 Å². The zero-order valence-corrected chi connectivity index (χ0v) is 12.6. The first-order valence-electron chi connectivity index (χ1n) is 7.18. The van der Waals surface area contributed by atoms with Gasteiger partial charge in [-0.15, -0.1) is 11.3 Å². The number of urea groups is 1. The fourth-order valence-corrected chi connectivity index (χ4v) is 3.21. The van der Waals surface area contributed by atoms with Gasteiger partial charge in [-0.25, -0.2) is 4.79 Å². The highest BCUT2D eigenvalue weighted by Crippen LogP contribution is 2.19. The Morgan fingerprint density at radius 3 is 2.86 bits per heavy atom. The molecular weight excluding hydrogens is 282 g/mol. The highest BCUT2D eigenvalue weighted by atomic mass is 32.1. The molecule has 2 N–H and O–H groups in total. The number of carbonyl (C=O) groups is 1. The first-order chi connectivity index (χ1) is 10.3. The Hall–Kier alpha value is -2.01. The number of benzene rings is 1. The molecule has 3 rings (SSSR count). The number of carbonyl (C=O) groups excluding carboxylic acids is 1. The predicted octanol–water partition coefficient (Wildman–Crippen LogP) is 2.83. The van der Waals surface area contributed by atoms with Crippen molar-refractivity contribution in [3.05, 3.63) is 52.7 Å². The van der Waals surface area contributed by atoms with E-state index in [2.05, 4.69) is 27.7 Å². The van der Waals surface area contributed by atoms with E-state index in [9.17, 15) is 4.79 Å². The van der Waals surface area contributed by atoms with E-state index in [-0.39, 0.29) is 12.1 Å². The molecule has 21 heavy (non-hydrogen) atoms. The molecule has 0 spiro atoms. The second kappa shape index (κ2) is 6.63. The molecule has 0 saturated carbocycles. The van der Waals surface area contributed by atoms with Gasteiger partial charge in [-0.1, -0.05) is 24.3 Å². The molecule has 0 aliphatic carbocycles. The number of nitrogens with one attached hydrogen (secondary N) is 2. The molecule has 2 aromatic rings. The first kappa shape index (κ1) is 13.9. The molecule has 1 aliphatic heterocycles. The highest BCUT2D eigenvalue weighted by molar-refractivity contribution is 7.09. The average molecular weight is 301 g/mol. The van der Waals surface area contributed by atoms with Crippen LogP contribution in [-0.4, -0.2) is 25.2 Å². The molecule has 0 bridgehead atoms. The Morgan fingerprint density at radius 2 is 2.10 bits per heavy atom. The van der Waals surface area contributed by atoms with Crippen LogP contribution in [0.2, 0.25) is 0 Å². The van der Waals surface area contributed by atoms with Crippen molar-refractivity contribution in [3.63, 3.8) is 0 Å². The van der Waals surface area contributed by atoms with Gasteiger partial charge in [-0.2, -0.15) is 0 Å². The summed E-state index contributed by atoms with van der Waals surface area (Å²) in [5, 5.41) is 7.98. The van der Waals surface area contributed by atoms with Gasteiger partial charge in [0.1, 0.15) is 0 Å². The first-order valence-corrected chi connectivity index (χ1v) is 8.06. The van der Waals surface area contributed by atoms with Crippen molar-refractivity contribution in [2.75, 3.05) is 18.0 Å². The summed E-state index contributed by atoms with van der Waals surface area (Å²) in [5.41, 5.74) is 1.22. The Labute approximate surface area is 128 Å². The Kier molecular flexibility index (Phi) is 4.40. The maximum absolute atomic E-state index is 11.9. The lowest BCUT2D eigenvalue weighted by Crippen LogP contribution is -2.43. The quantitative estimate of drug-likeness (QED) is 0.912. The molecule has 5 heteroatoms. The van der Waals surface area contributed by atoms with Crippen LogP contribution in [0, 0.1) is 0 Å². The van der Waals surface area contributed by atoms with Gasteiger partial charge in [0.2, 0.25) is 0 Å².